The molecule has 0 aliphatic carbocycles. The minimum absolute atomic E-state index is 0.109. The lowest BCUT2D eigenvalue weighted by atomic mass is 10.1. The van der Waals surface area contributed by atoms with Crippen LogP contribution in [0.25, 0.3) is 0 Å². The molecule has 1 aromatic heterocycles. The van der Waals surface area contributed by atoms with Crippen LogP contribution in [0.4, 0.5) is 13.2 Å². The number of hydrogen-bond donors (Lipinski definition) is 1. The van der Waals surface area contributed by atoms with Crippen LogP contribution in [0, 0.1) is 17.5 Å². The molecule has 0 spiro atoms. The van der Waals surface area contributed by atoms with E-state index >= 15 is 0 Å². The van der Waals surface area contributed by atoms with E-state index in [0.29, 0.717) is 12.3 Å². The molecule has 0 aliphatic rings. The van der Waals surface area contributed by atoms with Gasteiger partial charge >= 0.3 is 0 Å². The van der Waals surface area contributed by atoms with Crippen molar-refractivity contribution in [2.45, 2.75) is 26.0 Å². The topological polar surface area (TPSA) is 47.3 Å². The lowest BCUT2D eigenvalue weighted by Gasteiger charge is -2.15. The first kappa shape index (κ1) is 15.4. The Morgan fingerprint density at radius 3 is 2.43 bits per heavy atom. The van der Waals surface area contributed by atoms with Crippen LogP contribution in [0.5, 0.6) is 5.75 Å². The van der Waals surface area contributed by atoms with E-state index in [4.69, 9.17) is 4.74 Å². The number of aryl methyl sites for hydroxylation is 1. The maximum absolute atomic E-state index is 13.3. The van der Waals surface area contributed by atoms with Crippen molar-refractivity contribution in [1.82, 2.24) is 9.78 Å². The van der Waals surface area contributed by atoms with E-state index in [1.807, 2.05) is 6.92 Å². The van der Waals surface area contributed by atoms with Crippen LogP contribution >= 0.6 is 0 Å². The van der Waals surface area contributed by atoms with Crippen LogP contribution in [0.3, 0.4) is 0 Å². The van der Waals surface area contributed by atoms with Crippen LogP contribution in [0.1, 0.15) is 30.7 Å². The van der Waals surface area contributed by atoms with Crippen molar-refractivity contribution in [3.8, 4) is 5.75 Å². The highest BCUT2D eigenvalue weighted by Gasteiger charge is 2.24. The second-order valence-corrected chi connectivity index (χ2v) is 4.52. The third-order valence-corrected chi connectivity index (χ3v) is 3.08. The molecule has 1 heterocycles. The molecule has 0 radical (unpaired) electrons. The first-order valence-electron chi connectivity index (χ1n) is 6.41. The normalized spacial score (nSPS) is 12.5. The number of methoxy groups -OCH3 is 1. The highest BCUT2D eigenvalue weighted by atomic mass is 19.2. The minimum Gasteiger partial charge on any atom is -0.493 e. The van der Waals surface area contributed by atoms with Crippen molar-refractivity contribution in [2.24, 2.45) is 0 Å². The summed E-state index contributed by atoms with van der Waals surface area (Å²) in [6.07, 6.45) is 0.778. The zero-order valence-corrected chi connectivity index (χ0v) is 11.6. The lowest BCUT2D eigenvalue weighted by molar-refractivity contribution is 0.200. The second kappa shape index (κ2) is 6.17. The van der Waals surface area contributed by atoms with Crippen molar-refractivity contribution in [3.05, 3.63) is 47.0 Å². The van der Waals surface area contributed by atoms with Gasteiger partial charge in [0.2, 0.25) is 0 Å². The summed E-state index contributed by atoms with van der Waals surface area (Å²) in [5, 5.41) is 14.4. The fraction of sp³-hybridized carbons (Fsp3) is 0.357. The average Bonchev–Trinajstić information content (AvgIpc) is 2.86. The molecular weight excluding hydrogens is 285 g/mol. The van der Waals surface area contributed by atoms with Gasteiger partial charge in [-0.3, -0.25) is 4.68 Å². The monoisotopic (exact) mass is 300 g/mol. The van der Waals surface area contributed by atoms with Crippen molar-refractivity contribution >= 4 is 0 Å². The average molecular weight is 300 g/mol. The van der Waals surface area contributed by atoms with Crippen molar-refractivity contribution < 1.29 is 23.0 Å². The van der Waals surface area contributed by atoms with Crippen molar-refractivity contribution in [3.63, 3.8) is 0 Å². The van der Waals surface area contributed by atoms with Crippen molar-refractivity contribution in [2.75, 3.05) is 7.11 Å². The Kier molecular flexibility index (Phi) is 4.52. The SMILES string of the molecule is CCCn1ncc(OC)c1C(O)c1cc(F)c(F)c(F)c1. The zero-order chi connectivity index (χ0) is 15.6. The molecule has 21 heavy (non-hydrogen) atoms. The van der Waals surface area contributed by atoms with Crippen LogP contribution < -0.4 is 4.74 Å². The Hall–Kier alpha value is -2.02. The molecule has 1 aromatic carbocycles. The largest absolute Gasteiger partial charge is 0.493 e. The van der Waals surface area contributed by atoms with E-state index in [1.165, 1.54) is 18.0 Å². The number of ether oxygens (including phenoxy) is 1. The van der Waals surface area contributed by atoms with Gasteiger partial charge in [0.15, 0.2) is 23.2 Å². The summed E-state index contributed by atoms with van der Waals surface area (Å²) in [6.45, 7) is 2.42. The molecule has 2 rings (SSSR count). The standard InChI is InChI=1S/C14H15F3N2O2/c1-3-4-19-13(11(21-2)7-18-19)14(20)8-5-9(15)12(17)10(16)6-8/h5-7,14,20H,3-4H2,1-2H3. The fourth-order valence-corrected chi connectivity index (χ4v) is 2.09. The summed E-state index contributed by atoms with van der Waals surface area (Å²) in [5.41, 5.74) is 0.160. The van der Waals surface area contributed by atoms with Crippen LogP contribution in [0.15, 0.2) is 18.3 Å². The van der Waals surface area contributed by atoms with Crippen LogP contribution in [0.2, 0.25) is 0 Å². The Balaban J connectivity index is 2.48. The Bertz CT molecular complexity index is 620. The number of aliphatic hydroxyl groups is 1. The van der Waals surface area contributed by atoms with E-state index in [9.17, 15) is 18.3 Å². The molecule has 1 unspecified atom stereocenters. The van der Waals surface area contributed by atoms with E-state index in [0.717, 1.165) is 18.6 Å². The van der Waals surface area contributed by atoms with Gasteiger partial charge in [-0.2, -0.15) is 5.10 Å². The molecule has 0 fully saturated rings. The first-order chi connectivity index (χ1) is 9.99. The first-order valence-corrected chi connectivity index (χ1v) is 6.41. The maximum atomic E-state index is 13.3. The highest BCUT2D eigenvalue weighted by Crippen LogP contribution is 2.31. The number of hydrogen-bond acceptors (Lipinski definition) is 3. The van der Waals surface area contributed by atoms with Crippen LogP contribution in [-0.2, 0) is 6.54 Å². The number of aliphatic hydroxyl groups excluding tert-OH is 1. The van der Waals surface area contributed by atoms with E-state index in [-0.39, 0.29) is 11.3 Å². The van der Waals surface area contributed by atoms with E-state index < -0.39 is 23.6 Å². The van der Waals surface area contributed by atoms with Gasteiger partial charge in [0.05, 0.1) is 13.3 Å². The van der Waals surface area contributed by atoms with Gasteiger partial charge in [-0.1, -0.05) is 6.92 Å². The highest BCUT2D eigenvalue weighted by molar-refractivity contribution is 5.35. The molecule has 1 N–H and O–H groups in total. The van der Waals surface area contributed by atoms with Gasteiger partial charge in [0.25, 0.3) is 0 Å². The summed E-state index contributed by atoms with van der Waals surface area (Å²) < 4.78 is 46.2. The van der Waals surface area contributed by atoms with Gasteiger partial charge in [0, 0.05) is 6.54 Å². The van der Waals surface area contributed by atoms with Crippen LogP contribution in [-0.4, -0.2) is 22.0 Å². The zero-order valence-electron chi connectivity index (χ0n) is 11.6. The molecule has 0 saturated heterocycles. The summed E-state index contributed by atoms with van der Waals surface area (Å²) in [5.74, 6) is -3.99. The second-order valence-electron chi connectivity index (χ2n) is 4.52. The summed E-state index contributed by atoms with van der Waals surface area (Å²) in [4.78, 5) is 0. The Morgan fingerprint density at radius 1 is 1.29 bits per heavy atom. The minimum atomic E-state index is -1.57. The lowest BCUT2D eigenvalue weighted by Crippen LogP contribution is -2.12. The molecule has 114 valence electrons. The number of rotatable bonds is 5. The maximum Gasteiger partial charge on any atom is 0.194 e. The number of aromatic nitrogens is 2. The quantitative estimate of drug-likeness (QED) is 0.864. The Morgan fingerprint density at radius 2 is 1.90 bits per heavy atom. The summed E-state index contributed by atoms with van der Waals surface area (Å²) in [6, 6.07) is 1.51. The van der Waals surface area contributed by atoms with Gasteiger partial charge in [-0.25, -0.2) is 13.2 Å². The third kappa shape index (κ3) is 2.87. The van der Waals surface area contributed by atoms with Gasteiger partial charge in [-0.05, 0) is 24.1 Å². The van der Waals surface area contributed by atoms with Gasteiger partial charge in [-0.15, -0.1) is 0 Å². The molecule has 0 bridgehead atoms. The van der Waals surface area contributed by atoms with Crippen molar-refractivity contribution in [1.29, 1.82) is 0 Å². The van der Waals surface area contributed by atoms with E-state index in [1.54, 1.807) is 0 Å². The number of nitrogens with zero attached hydrogens (tertiary/aromatic N) is 2. The molecule has 0 aliphatic heterocycles. The molecule has 0 amide bonds. The summed E-state index contributed by atoms with van der Waals surface area (Å²) in [7, 11) is 1.40. The summed E-state index contributed by atoms with van der Waals surface area (Å²) >= 11 is 0. The molecule has 1 atom stereocenters. The fourth-order valence-electron chi connectivity index (χ4n) is 2.09. The molecule has 4 nitrogen and oxygen atoms in total. The molecule has 0 saturated carbocycles. The number of halogens is 3. The van der Waals surface area contributed by atoms with Gasteiger partial charge < -0.3 is 9.84 Å². The molecule has 7 heteroatoms. The smallest absolute Gasteiger partial charge is 0.194 e. The third-order valence-electron chi connectivity index (χ3n) is 3.08. The number of benzene rings is 1. The predicted octanol–water partition coefficient (Wildman–Crippen LogP) is 2.80. The Labute approximate surface area is 119 Å². The molecular formula is C14H15F3N2O2. The van der Waals surface area contributed by atoms with E-state index in [2.05, 4.69) is 5.10 Å². The van der Waals surface area contributed by atoms with Gasteiger partial charge in [0.1, 0.15) is 11.8 Å². The molecule has 2 aromatic rings. The predicted molar refractivity (Wildman–Crippen MR) is 69.4 cm³/mol.